The van der Waals surface area contributed by atoms with E-state index in [1.54, 1.807) is 12.1 Å². The highest BCUT2D eigenvalue weighted by molar-refractivity contribution is 6.31. The highest BCUT2D eigenvalue weighted by atomic mass is 35.5. The molecule has 0 spiro atoms. The maximum absolute atomic E-state index is 12.2. The van der Waals surface area contributed by atoms with E-state index in [0.29, 0.717) is 16.3 Å². The zero-order valence-electron chi connectivity index (χ0n) is 11.2. The highest BCUT2D eigenvalue weighted by Gasteiger charge is 2.22. The molecule has 2 N–H and O–H groups in total. The molecule has 5 nitrogen and oxygen atoms in total. The molecule has 6 heteroatoms. The van der Waals surface area contributed by atoms with Crippen LogP contribution in [0.2, 0.25) is 5.02 Å². The van der Waals surface area contributed by atoms with Crippen molar-refractivity contribution in [2.24, 2.45) is 0 Å². The molecule has 0 radical (unpaired) electrons. The lowest BCUT2D eigenvalue weighted by atomic mass is 10.0. The standard InChI is InChI=1S/C14H17ClN2O3/c1-20-14(19)10-6-5-9(15)8-12(10)17-13(18)11-4-2-3-7-16-11/h5-6,8,11,16H,2-4,7H2,1H3,(H,17,18)/t11-/m1/s1. The van der Waals surface area contributed by atoms with Gasteiger partial charge in [0.05, 0.1) is 24.4 Å². The number of nitrogens with one attached hydrogen (secondary N) is 2. The van der Waals surface area contributed by atoms with Crippen molar-refractivity contribution in [3.05, 3.63) is 28.8 Å². The van der Waals surface area contributed by atoms with Gasteiger partial charge in [-0.3, -0.25) is 4.79 Å². The van der Waals surface area contributed by atoms with E-state index in [4.69, 9.17) is 16.3 Å². The molecule has 1 aromatic carbocycles. The number of hydrogen-bond acceptors (Lipinski definition) is 4. The SMILES string of the molecule is COC(=O)c1ccc(Cl)cc1NC(=O)[C@H]1CCCCN1. The van der Waals surface area contributed by atoms with E-state index >= 15 is 0 Å². The average Bonchev–Trinajstić information content (AvgIpc) is 2.47. The minimum absolute atomic E-state index is 0.155. The van der Waals surface area contributed by atoms with Gasteiger partial charge in [-0.25, -0.2) is 4.79 Å². The Hall–Kier alpha value is -1.59. The molecule has 20 heavy (non-hydrogen) atoms. The van der Waals surface area contributed by atoms with Gasteiger partial charge in [-0.1, -0.05) is 18.0 Å². The molecule has 1 fully saturated rings. The van der Waals surface area contributed by atoms with Gasteiger partial charge in [0.1, 0.15) is 0 Å². The van der Waals surface area contributed by atoms with E-state index in [2.05, 4.69) is 10.6 Å². The number of halogens is 1. The first-order chi connectivity index (χ1) is 9.61. The topological polar surface area (TPSA) is 67.4 Å². The number of piperidine rings is 1. The molecule has 0 bridgehead atoms. The number of benzene rings is 1. The molecule has 1 amide bonds. The quantitative estimate of drug-likeness (QED) is 0.839. The number of methoxy groups -OCH3 is 1. The van der Waals surface area contributed by atoms with E-state index in [1.165, 1.54) is 13.2 Å². The summed E-state index contributed by atoms with van der Waals surface area (Å²) < 4.78 is 4.69. The van der Waals surface area contributed by atoms with Gasteiger partial charge in [0.15, 0.2) is 0 Å². The van der Waals surface area contributed by atoms with Crippen LogP contribution in [0.3, 0.4) is 0 Å². The fourth-order valence-corrected chi connectivity index (χ4v) is 2.38. The van der Waals surface area contributed by atoms with Crippen LogP contribution in [0.4, 0.5) is 5.69 Å². The third-order valence-corrected chi connectivity index (χ3v) is 3.51. The number of amides is 1. The summed E-state index contributed by atoms with van der Waals surface area (Å²) in [6.45, 7) is 0.831. The smallest absolute Gasteiger partial charge is 0.339 e. The molecule has 1 heterocycles. The predicted molar refractivity (Wildman–Crippen MR) is 77.1 cm³/mol. The van der Waals surface area contributed by atoms with Crippen LogP contribution in [0.5, 0.6) is 0 Å². The van der Waals surface area contributed by atoms with E-state index in [9.17, 15) is 9.59 Å². The molecule has 0 unspecified atom stereocenters. The Bertz CT molecular complexity index is 513. The Morgan fingerprint density at radius 3 is 2.85 bits per heavy atom. The van der Waals surface area contributed by atoms with Crippen molar-refractivity contribution in [2.45, 2.75) is 25.3 Å². The van der Waals surface area contributed by atoms with Gasteiger partial charge >= 0.3 is 5.97 Å². The van der Waals surface area contributed by atoms with E-state index < -0.39 is 5.97 Å². The average molecular weight is 297 g/mol. The minimum Gasteiger partial charge on any atom is -0.465 e. The number of rotatable bonds is 3. The fraction of sp³-hybridized carbons (Fsp3) is 0.429. The van der Waals surface area contributed by atoms with Crippen molar-refractivity contribution in [3.8, 4) is 0 Å². The van der Waals surface area contributed by atoms with Crippen LogP contribution in [-0.4, -0.2) is 31.6 Å². The van der Waals surface area contributed by atoms with E-state index in [1.807, 2.05) is 0 Å². The highest BCUT2D eigenvalue weighted by Crippen LogP contribution is 2.22. The van der Waals surface area contributed by atoms with E-state index in [-0.39, 0.29) is 11.9 Å². The summed E-state index contributed by atoms with van der Waals surface area (Å²) in [5, 5.41) is 6.35. The van der Waals surface area contributed by atoms with Crippen LogP contribution in [0.1, 0.15) is 29.6 Å². The zero-order chi connectivity index (χ0) is 14.5. The molecule has 2 rings (SSSR count). The van der Waals surface area contributed by atoms with Gasteiger partial charge in [-0.2, -0.15) is 0 Å². The molecule has 0 aromatic heterocycles. The monoisotopic (exact) mass is 296 g/mol. The Balaban J connectivity index is 2.16. The zero-order valence-corrected chi connectivity index (χ0v) is 12.0. The van der Waals surface area contributed by atoms with Gasteiger partial charge < -0.3 is 15.4 Å². The first-order valence-corrected chi connectivity index (χ1v) is 6.91. The Kier molecular flexibility index (Phi) is 4.98. The van der Waals surface area contributed by atoms with Crippen LogP contribution in [0.15, 0.2) is 18.2 Å². The lowest BCUT2D eigenvalue weighted by Gasteiger charge is -2.23. The maximum Gasteiger partial charge on any atom is 0.339 e. The Morgan fingerprint density at radius 1 is 1.40 bits per heavy atom. The number of esters is 1. The van der Waals surface area contributed by atoms with Crippen LogP contribution < -0.4 is 10.6 Å². The van der Waals surface area contributed by atoms with Crippen molar-refractivity contribution in [1.29, 1.82) is 0 Å². The number of anilines is 1. The summed E-state index contributed by atoms with van der Waals surface area (Å²) in [5.74, 6) is -0.661. The second kappa shape index (κ2) is 6.72. The van der Waals surface area contributed by atoms with Crippen LogP contribution in [0.25, 0.3) is 0 Å². The second-order valence-electron chi connectivity index (χ2n) is 4.67. The van der Waals surface area contributed by atoms with Gasteiger partial charge in [0.25, 0.3) is 0 Å². The molecular formula is C14H17ClN2O3. The largest absolute Gasteiger partial charge is 0.465 e. The molecule has 0 aliphatic carbocycles. The molecule has 1 aliphatic heterocycles. The Morgan fingerprint density at radius 2 is 2.20 bits per heavy atom. The summed E-state index contributed by atoms with van der Waals surface area (Å²) in [7, 11) is 1.30. The summed E-state index contributed by atoms with van der Waals surface area (Å²) in [4.78, 5) is 23.8. The minimum atomic E-state index is -0.506. The van der Waals surface area contributed by atoms with Gasteiger partial charge in [0, 0.05) is 5.02 Å². The summed E-state index contributed by atoms with van der Waals surface area (Å²) in [6, 6.07) is 4.45. The number of carbonyl (C=O) groups is 2. The fourth-order valence-electron chi connectivity index (χ4n) is 2.20. The number of ether oxygens (including phenoxy) is 1. The van der Waals surface area contributed by atoms with Crippen molar-refractivity contribution < 1.29 is 14.3 Å². The van der Waals surface area contributed by atoms with Gasteiger partial charge in [-0.15, -0.1) is 0 Å². The lowest BCUT2D eigenvalue weighted by Crippen LogP contribution is -2.43. The molecule has 1 aliphatic rings. The van der Waals surface area contributed by atoms with E-state index in [0.717, 1.165) is 25.8 Å². The van der Waals surface area contributed by atoms with Crippen LogP contribution in [0, 0.1) is 0 Å². The number of carbonyl (C=O) groups excluding carboxylic acids is 2. The summed E-state index contributed by atoms with van der Waals surface area (Å²) in [6.07, 6.45) is 2.89. The third kappa shape index (κ3) is 3.49. The van der Waals surface area contributed by atoms with Crippen molar-refractivity contribution in [1.82, 2.24) is 5.32 Å². The summed E-state index contributed by atoms with van der Waals surface area (Å²) >= 11 is 5.91. The maximum atomic E-state index is 12.2. The van der Waals surface area contributed by atoms with Crippen molar-refractivity contribution >= 4 is 29.2 Å². The Labute approximate surface area is 122 Å². The van der Waals surface area contributed by atoms with Crippen LogP contribution >= 0.6 is 11.6 Å². The molecule has 1 atom stereocenters. The molecule has 1 aromatic rings. The molecular weight excluding hydrogens is 280 g/mol. The predicted octanol–water partition coefficient (Wildman–Crippen LogP) is 2.21. The second-order valence-corrected chi connectivity index (χ2v) is 5.11. The third-order valence-electron chi connectivity index (χ3n) is 3.27. The summed E-state index contributed by atoms with van der Waals surface area (Å²) in [5.41, 5.74) is 0.669. The lowest BCUT2D eigenvalue weighted by molar-refractivity contribution is -0.118. The first kappa shape index (κ1) is 14.8. The number of hydrogen-bond donors (Lipinski definition) is 2. The molecule has 0 saturated carbocycles. The van der Waals surface area contributed by atoms with Crippen molar-refractivity contribution in [3.63, 3.8) is 0 Å². The van der Waals surface area contributed by atoms with Crippen LogP contribution in [-0.2, 0) is 9.53 Å². The normalized spacial score (nSPS) is 18.4. The van der Waals surface area contributed by atoms with Gasteiger partial charge in [0.2, 0.25) is 5.91 Å². The molecule has 108 valence electrons. The first-order valence-electron chi connectivity index (χ1n) is 6.54. The van der Waals surface area contributed by atoms with Gasteiger partial charge in [-0.05, 0) is 37.6 Å². The van der Waals surface area contributed by atoms with Crippen molar-refractivity contribution in [2.75, 3.05) is 19.0 Å². The molecule has 1 saturated heterocycles.